The Hall–Kier alpha value is -1.06. The zero-order valence-corrected chi connectivity index (χ0v) is 7.88. The monoisotopic (exact) mass is 183 g/mol. The molecule has 4 heteroatoms. The first-order valence-corrected chi connectivity index (χ1v) is 4.81. The Morgan fingerprint density at radius 1 is 1.23 bits per heavy atom. The lowest BCUT2D eigenvalue weighted by Gasteiger charge is -2.19. The maximum Gasteiger partial charge on any atom is 0.230 e. The van der Waals surface area contributed by atoms with E-state index in [1.54, 1.807) is 0 Å². The number of rotatable bonds is 2. The minimum absolute atomic E-state index is 0.00870. The summed E-state index contributed by atoms with van der Waals surface area (Å²) in [6.07, 6.45) is 4.68. The van der Waals surface area contributed by atoms with Crippen molar-refractivity contribution in [3.63, 3.8) is 0 Å². The van der Waals surface area contributed by atoms with Crippen molar-refractivity contribution >= 4 is 11.7 Å². The molecule has 0 aliphatic carbocycles. The van der Waals surface area contributed by atoms with Crippen LogP contribution < -0.4 is 5.73 Å². The average Bonchev–Trinajstić information content (AvgIpc) is 2.29. The highest BCUT2D eigenvalue weighted by Gasteiger charge is 2.15. The Balaban J connectivity index is 2.39. The third-order valence-corrected chi connectivity index (χ3v) is 2.30. The zero-order chi connectivity index (χ0) is 9.68. The van der Waals surface area contributed by atoms with Crippen LogP contribution in [0.4, 0.5) is 0 Å². The molecular formula is C9H17N3O. The third kappa shape index (κ3) is 3.44. The molecule has 0 unspecified atom stereocenters. The number of amides is 1. The van der Waals surface area contributed by atoms with Crippen LogP contribution >= 0.6 is 0 Å². The minimum Gasteiger partial charge on any atom is -0.387 e. The van der Waals surface area contributed by atoms with Crippen LogP contribution in [0.2, 0.25) is 0 Å². The summed E-state index contributed by atoms with van der Waals surface area (Å²) < 4.78 is 0. The van der Waals surface area contributed by atoms with Gasteiger partial charge in [0.2, 0.25) is 5.91 Å². The van der Waals surface area contributed by atoms with E-state index in [4.69, 9.17) is 11.1 Å². The number of likely N-dealkylation sites (tertiary alicyclic amines) is 1. The molecule has 1 aliphatic rings. The predicted molar refractivity (Wildman–Crippen MR) is 51.6 cm³/mol. The number of carbonyl (C=O) groups is 1. The molecule has 3 N–H and O–H groups in total. The first-order valence-electron chi connectivity index (χ1n) is 4.81. The predicted octanol–water partition coefficient (Wildman–Crippen LogP) is 0.715. The van der Waals surface area contributed by atoms with E-state index in [0.29, 0.717) is 0 Å². The minimum atomic E-state index is -0.0331. The van der Waals surface area contributed by atoms with Crippen LogP contribution in [0.5, 0.6) is 0 Å². The van der Waals surface area contributed by atoms with Crippen molar-refractivity contribution in [1.29, 1.82) is 5.41 Å². The van der Waals surface area contributed by atoms with Gasteiger partial charge in [0.15, 0.2) is 0 Å². The highest BCUT2D eigenvalue weighted by atomic mass is 16.2. The van der Waals surface area contributed by atoms with E-state index in [1.807, 2.05) is 4.90 Å². The maximum atomic E-state index is 11.5. The van der Waals surface area contributed by atoms with Crippen LogP contribution in [-0.2, 0) is 4.79 Å². The van der Waals surface area contributed by atoms with E-state index in [2.05, 4.69) is 0 Å². The van der Waals surface area contributed by atoms with Crippen molar-refractivity contribution < 1.29 is 4.79 Å². The van der Waals surface area contributed by atoms with Gasteiger partial charge < -0.3 is 10.6 Å². The van der Waals surface area contributed by atoms with Crippen LogP contribution in [0.15, 0.2) is 0 Å². The molecule has 0 spiro atoms. The summed E-state index contributed by atoms with van der Waals surface area (Å²) in [6, 6.07) is 0. The molecule has 0 bridgehead atoms. The highest BCUT2D eigenvalue weighted by molar-refractivity contribution is 5.97. The number of nitrogens with one attached hydrogen (secondary N) is 1. The van der Waals surface area contributed by atoms with E-state index in [1.165, 1.54) is 12.8 Å². The normalized spacial score (nSPS) is 18.0. The molecule has 1 saturated heterocycles. The molecule has 13 heavy (non-hydrogen) atoms. The van der Waals surface area contributed by atoms with Crippen molar-refractivity contribution in [2.45, 2.75) is 32.1 Å². The molecule has 1 aliphatic heterocycles. The van der Waals surface area contributed by atoms with E-state index in [0.717, 1.165) is 25.9 Å². The highest BCUT2D eigenvalue weighted by Crippen LogP contribution is 2.10. The summed E-state index contributed by atoms with van der Waals surface area (Å²) >= 11 is 0. The molecule has 0 aromatic carbocycles. The number of nitrogens with two attached hydrogens (primary N) is 1. The van der Waals surface area contributed by atoms with Crippen LogP contribution in [0, 0.1) is 5.41 Å². The summed E-state index contributed by atoms with van der Waals surface area (Å²) in [4.78, 5) is 13.3. The lowest BCUT2D eigenvalue weighted by Crippen LogP contribution is -2.34. The summed E-state index contributed by atoms with van der Waals surface area (Å²) in [5.74, 6) is -0.0244. The second-order valence-electron chi connectivity index (χ2n) is 3.50. The van der Waals surface area contributed by atoms with Crippen molar-refractivity contribution in [1.82, 2.24) is 4.90 Å². The molecule has 1 heterocycles. The Morgan fingerprint density at radius 2 is 1.77 bits per heavy atom. The topological polar surface area (TPSA) is 70.2 Å². The van der Waals surface area contributed by atoms with Crippen molar-refractivity contribution in [2.75, 3.05) is 13.1 Å². The van der Waals surface area contributed by atoms with Gasteiger partial charge in [-0.2, -0.15) is 0 Å². The molecule has 0 saturated carbocycles. The van der Waals surface area contributed by atoms with Gasteiger partial charge in [0.05, 0.1) is 12.3 Å². The second kappa shape index (κ2) is 4.84. The number of hydrogen-bond acceptors (Lipinski definition) is 2. The van der Waals surface area contributed by atoms with Gasteiger partial charge in [0.25, 0.3) is 0 Å². The van der Waals surface area contributed by atoms with E-state index in [9.17, 15) is 4.79 Å². The van der Waals surface area contributed by atoms with Gasteiger partial charge >= 0.3 is 0 Å². The Bertz CT molecular complexity index is 195. The number of hydrogen-bond donors (Lipinski definition) is 2. The second-order valence-corrected chi connectivity index (χ2v) is 3.50. The van der Waals surface area contributed by atoms with Gasteiger partial charge in [0, 0.05) is 13.1 Å². The number of nitrogens with zero attached hydrogens (tertiary/aromatic N) is 1. The molecule has 74 valence electrons. The smallest absolute Gasteiger partial charge is 0.230 e. The van der Waals surface area contributed by atoms with Gasteiger partial charge in [-0.15, -0.1) is 0 Å². The van der Waals surface area contributed by atoms with Crippen molar-refractivity contribution in [2.24, 2.45) is 5.73 Å². The molecule has 1 rings (SSSR count). The fourth-order valence-electron chi connectivity index (χ4n) is 1.59. The van der Waals surface area contributed by atoms with Gasteiger partial charge in [0.1, 0.15) is 0 Å². The third-order valence-electron chi connectivity index (χ3n) is 2.30. The molecule has 0 radical (unpaired) electrons. The Morgan fingerprint density at radius 3 is 2.23 bits per heavy atom. The molecule has 1 fully saturated rings. The van der Waals surface area contributed by atoms with Crippen molar-refractivity contribution in [3.05, 3.63) is 0 Å². The van der Waals surface area contributed by atoms with Crippen LogP contribution in [0.1, 0.15) is 32.1 Å². The quantitative estimate of drug-likeness (QED) is 0.489. The van der Waals surface area contributed by atoms with Crippen LogP contribution in [-0.4, -0.2) is 29.7 Å². The molecule has 0 aromatic heterocycles. The molecule has 0 aromatic rings. The number of carbonyl (C=O) groups excluding carboxylic acids is 1. The van der Waals surface area contributed by atoms with Crippen molar-refractivity contribution in [3.8, 4) is 0 Å². The molecule has 4 nitrogen and oxygen atoms in total. The SMILES string of the molecule is N=C(N)CC(=O)N1CCCCCC1. The van der Waals surface area contributed by atoms with E-state index >= 15 is 0 Å². The van der Waals surface area contributed by atoms with E-state index < -0.39 is 0 Å². The molecule has 0 atom stereocenters. The van der Waals surface area contributed by atoms with Gasteiger partial charge in [-0.25, -0.2) is 0 Å². The summed E-state index contributed by atoms with van der Waals surface area (Å²) in [7, 11) is 0. The fourth-order valence-corrected chi connectivity index (χ4v) is 1.59. The Kier molecular flexibility index (Phi) is 3.73. The summed E-state index contributed by atoms with van der Waals surface area (Å²) in [6.45, 7) is 1.68. The fraction of sp³-hybridized carbons (Fsp3) is 0.778. The standard InChI is InChI=1S/C9H17N3O/c10-8(11)7-9(13)12-5-3-1-2-4-6-12/h1-7H2,(H3,10,11). The van der Waals surface area contributed by atoms with E-state index in [-0.39, 0.29) is 18.2 Å². The lowest BCUT2D eigenvalue weighted by atomic mass is 10.2. The molecular weight excluding hydrogens is 166 g/mol. The van der Waals surface area contributed by atoms with Gasteiger partial charge in [-0.3, -0.25) is 10.2 Å². The first kappa shape index (κ1) is 10.0. The average molecular weight is 183 g/mol. The van der Waals surface area contributed by atoms with Gasteiger partial charge in [-0.1, -0.05) is 12.8 Å². The maximum absolute atomic E-state index is 11.5. The first-order chi connectivity index (χ1) is 6.20. The zero-order valence-electron chi connectivity index (χ0n) is 7.88. The largest absolute Gasteiger partial charge is 0.387 e. The van der Waals surface area contributed by atoms with Crippen LogP contribution in [0.3, 0.4) is 0 Å². The lowest BCUT2D eigenvalue weighted by molar-refractivity contribution is -0.129. The molecule has 1 amide bonds. The summed E-state index contributed by atoms with van der Waals surface area (Å²) in [5, 5.41) is 7.03. The van der Waals surface area contributed by atoms with Crippen LogP contribution in [0.25, 0.3) is 0 Å². The number of amidine groups is 1. The van der Waals surface area contributed by atoms with Gasteiger partial charge in [-0.05, 0) is 12.8 Å². The Labute approximate surface area is 78.6 Å². The summed E-state index contributed by atoms with van der Waals surface area (Å²) in [5.41, 5.74) is 5.17.